The minimum atomic E-state index is -0.554. The van der Waals surface area contributed by atoms with Crippen LogP contribution in [-0.4, -0.2) is 34.0 Å². The third-order valence-corrected chi connectivity index (χ3v) is 4.78. The van der Waals surface area contributed by atoms with E-state index in [0.29, 0.717) is 23.0 Å². The molecular weight excluding hydrogens is 377 g/mol. The van der Waals surface area contributed by atoms with Gasteiger partial charge in [-0.25, -0.2) is 9.18 Å². The molecule has 0 atom stereocenters. The number of nitrogens with one attached hydrogen (secondary N) is 1. The first kappa shape index (κ1) is 20.3. The molecule has 2 aromatic carbocycles. The van der Waals surface area contributed by atoms with E-state index in [9.17, 15) is 18.8 Å². The molecule has 1 aromatic heterocycles. The average molecular weight is 399 g/mol. The number of carbonyl (C=O) groups excluding carboxylic acids is 1. The second-order valence-electron chi connectivity index (χ2n) is 6.55. The van der Waals surface area contributed by atoms with Crippen LogP contribution in [0, 0.1) is 5.82 Å². The summed E-state index contributed by atoms with van der Waals surface area (Å²) < 4.78 is 20.2. The van der Waals surface area contributed by atoms with Crippen molar-refractivity contribution in [3.05, 3.63) is 74.7 Å². The van der Waals surface area contributed by atoms with Crippen molar-refractivity contribution in [2.45, 2.75) is 26.4 Å². The molecule has 1 heterocycles. The Morgan fingerprint density at radius 2 is 1.97 bits per heavy atom. The first-order chi connectivity index (χ1) is 13.9. The Balaban J connectivity index is 1.76. The highest BCUT2D eigenvalue weighted by Gasteiger charge is 2.15. The molecule has 0 bridgehead atoms. The number of nitrogens with zero attached hydrogens (tertiary/aromatic N) is 2. The van der Waals surface area contributed by atoms with E-state index in [1.807, 2.05) is 6.92 Å². The Labute approximate surface area is 166 Å². The molecule has 0 aliphatic carbocycles. The van der Waals surface area contributed by atoms with E-state index >= 15 is 0 Å². The molecule has 29 heavy (non-hydrogen) atoms. The van der Waals surface area contributed by atoms with E-state index in [1.165, 1.54) is 23.8 Å². The second kappa shape index (κ2) is 8.72. The molecule has 152 valence electrons. The van der Waals surface area contributed by atoms with Crippen molar-refractivity contribution >= 4 is 16.8 Å². The van der Waals surface area contributed by atoms with Crippen LogP contribution in [0.25, 0.3) is 10.9 Å². The van der Waals surface area contributed by atoms with Crippen molar-refractivity contribution in [2.24, 2.45) is 0 Å². The van der Waals surface area contributed by atoms with Gasteiger partial charge in [0, 0.05) is 26.1 Å². The molecule has 1 N–H and O–H groups in total. The summed E-state index contributed by atoms with van der Waals surface area (Å²) in [5.41, 5.74) is 0.117. The number of H-pyrrole nitrogens is 1. The number of para-hydroxylation sites is 1. The lowest BCUT2D eigenvalue weighted by atomic mass is 10.2. The van der Waals surface area contributed by atoms with Gasteiger partial charge in [-0.05, 0) is 36.8 Å². The van der Waals surface area contributed by atoms with E-state index < -0.39 is 17.1 Å². The molecule has 0 fully saturated rings. The fraction of sp³-hybridized carbons (Fsp3) is 0.286. The van der Waals surface area contributed by atoms with Gasteiger partial charge in [0.05, 0.1) is 18.0 Å². The number of ether oxygens (including phenoxy) is 1. The van der Waals surface area contributed by atoms with E-state index in [0.717, 1.165) is 0 Å². The number of rotatable bonds is 7. The molecular formula is C21H22FN3O4. The average Bonchev–Trinajstić information content (AvgIpc) is 2.71. The summed E-state index contributed by atoms with van der Waals surface area (Å²) >= 11 is 0. The quantitative estimate of drug-likeness (QED) is 0.661. The molecule has 1 amide bonds. The van der Waals surface area contributed by atoms with E-state index in [-0.39, 0.29) is 31.2 Å². The van der Waals surface area contributed by atoms with Crippen molar-refractivity contribution in [3.8, 4) is 5.75 Å². The highest BCUT2D eigenvalue weighted by molar-refractivity contribution is 5.79. The molecule has 8 heteroatoms. The van der Waals surface area contributed by atoms with E-state index in [1.54, 1.807) is 35.2 Å². The lowest BCUT2D eigenvalue weighted by Gasteiger charge is -2.21. The standard InChI is InChI=1S/C21H22FN3O4/c1-3-24(13-14-8-9-18(29-2)16(22)12-14)19(26)10-11-25-17-7-5-4-6-15(17)20(27)23-21(25)28/h4-9,12H,3,10-11,13H2,1-2H3,(H,23,27,28). The van der Waals surface area contributed by atoms with Crippen molar-refractivity contribution < 1.29 is 13.9 Å². The number of aromatic amines is 1. The Morgan fingerprint density at radius 3 is 2.66 bits per heavy atom. The number of hydrogen-bond acceptors (Lipinski definition) is 4. The number of aromatic nitrogens is 2. The Hall–Kier alpha value is -3.42. The lowest BCUT2D eigenvalue weighted by molar-refractivity contribution is -0.131. The topological polar surface area (TPSA) is 84.4 Å². The smallest absolute Gasteiger partial charge is 0.328 e. The molecule has 0 spiro atoms. The predicted molar refractivity (Wildman–Crippen MR) is 107 cm³/mol. The van der Waals surface area contributed by atoms with Crippen LogP contribution in [0.5, 0.6) is 5.75 Å². The summed E-state index contributed by atoms with van der Waals surface area (Å²) in [4.78, 5) is 40.7. The number of benzene rings is 2. The summed E-state index contributed by atoms with van der Waals surface area (Å²) in [6.07, 6.45) is 0.0718. The monoisotopic (exact) mass is 399 g/mol. The van der Waals surface area contributed by atoms with Gasteiger partial charge in [-0.3, -0.25) is 19.1 Å². The number of halogens is 1. The van der Waals surface area contributed by atoms with Gasteiger partial charge >= 0.3 is 5.69 Å². The van der Waals surface area contributed by atoms with Crippen molar-refractivity contribution in [1.82, 2.24) is 14.5 Å². The summed E-state index contributed by atoms with van der Waals surface area (Å²) in [6, 6.07) is 11.3. The van der Waals surface area contributed by atoms with Crippen LogP contribution in [0.3, 0.4) is 0 Å². The normalized spacial score (nSPS) is 10.9. The largest absolute Gasteiger partial charge is 0.494 e. The fourth-order valence-electron chi connectivity index (χ4n) is 3.23. The fourth-order valence-corrected chi connectivity index (χ4v) is 3.23. The van der Waals surface area contributed by atoms with Gasteiger partial charge in [0.25, 0.3) is 5.56 Å². The first-order valence-corrected chi connectivity index (χ1v) is 9.26. The van der Waals surface area contributed by atoms with E-state index in [2.05, 4.69) is 4.98 Å². The minimum absolute atomic E-state index is 0.0718. The molecule has 3 rings (SSSR count). The summed E-state index contributed by atoms with van der Waals surface area (Å²) in [7, 11) is 1.39. The number of fused-ring (bicyclic) bond motifs is 1. The van der Waals surface area contributed by atoms with Crippen LogP contribution >= 0.6 is 0 Å². The second-order valence-corrected chi connectivity index (χ2v) is 6.55. The molecule has 0 aliphatic heterocycles. The molecule has 7 nitrogen and oxygen atoms in total. The number of hydrogen-bond donors (Lipinski definition) is 1. The van der Waals surface area contributed by atoms with Gasteiger partial charge in [0.15, 0.2) is 11.6 Å². The maximum absolute atomic E-state index is 13.9. The van der Waals surface area contributed by atoms with Gasteiger partial charge < -0.3 is 9.64 Å². The van der Waals surface area contributed by atoms with Crippen LogP contribution < -0.4 is 16.0 Å². The van der Waals surface area contributed by atoms with Gasteiger partial charge in [-0.2, -0.15) is 0 Å². The number of amides is 1. The third-order valence-electron chi connectivity index (χ3n) is 4.78. The van der Waals surface area contributed by atoms with E-state index in [4.69, 9.17) is 4.74 Å². The lowest BCUT2D eigenvalue weighted by Crippen LogP contribution is -2.34. The number of methoxy groups -OCH3 is 1. The zero-order chi connectivity index (χ0) is 21.0. The van der Waals surface area contributed by atoms with Gasteiger partial charge in [-0.15, -0.1) is 0 Å². The summed E-state index contributed by atoms with van der Waals surface area (Å²) in [6.45, 7) is 2.65. The van der Waals surface area contributed by atoms with Crippen LogP contribution in [0.4, 0.5) is 4.39 Å². The molecule has 0 saturated carbocycles. The minimum Gasteiger partial charge on any atom is -0.494 e. The highest BCUT2D eigenvalue weighted by atomic mass is 19.1. The number of aryl methyl sites for hydroxylation is 1. The summed E-state index contributed by atoms with van der Waals surface area (Å²) in [5, 5.41) is 0.389. The molecule has 0 saturated heterocycles. The van der Waals surface area contributed by atoms with Gasteiger partial charge in [0.1, 0.15) is 0 Å². The van der Waals surface area contributed by atoms with Gasteiger partial charge in [0.2, 0.25) is 5.91 Å². The van der Waals surface area contributed by atoms with Crippen LogP contribution in [0.1, 0.15) is 18.9 Å². The Morgan fingerprint density at radius 1 is 1.21 bits per heavy atom. The maximum atomic E-state index is 13.9. The van der Waals surface area contributed by atoms with Crippen LogP contribution in [0.15, 0.2) is 52.1 Å². The van der Waals surface area contributed by atoms with Crippen molar-refractivity contribution in [2.75, 3.05) is 13.7 Å². The molecule has 0 aliphatic rings. The highest BCUT2D eigenvalue weighted by Crippen LogP contribution is 2.19. The first-order valence-electron chi connectivity index (χ1n) is 9.26. The zero-order valence-electron chi connectivity index (χ0n) is 16.3. The molecule has 3 aromatic rings. The summed E-state index contributed by atoms with van der Waals surface area (Å²) in [5.74, 6) is -0.516. The zero-order valence-corrected chi connectivity index (χ0v) is 16.3. The Kier molecular flexibility index (Phi) is 6.11. The maximum Gasteiger partial charge on any atom is 0.328 e. The van der Waals surface area contributed by atoms with Crippen molar-refractivity contribution in [1.29, 1.82) is 0 Å². The predicted octanol–water partition coefficient (Wildman–Crippen LogP) is 2.28. The molecule has 0 radical (unpaired) electrons. The van der Waals surface area contributed by atoms with Crippen LogP contribution in [-0.2, 0) is 17.9 Å². The van der Waals surface area contributed by atoms with Crippen LogP contribution in [0.2, 0.25) is 0 Å². The third kappa shape index (κ3) is 4.37. The number of carbonyl (C=O) groups is 1. The SMILES string of the molecule is CCN(Cc1ccc(OC)c(F)c1)C(=O)CCn1c(=O)[nH]c(=O)c2ccccc21. The molecule has 0 unspecified atom stereocenters. The van der Waals surface area contributed by atoms with Gasteiger partial charge in [-0.1, -0.05) is 18.2 Å². The Bertz CT molecular complexity index is 1150. The van der Waals surface area contributed by atoms with Crippen molar-refractivity contribution in [3.63, 3.8) is 0 Å².